The molecule has 0 bridgehead atoms. The Morgan fingerprint density at radius 1 is 1.21 bits per heavy atom. The quantitative estimate of drug-likeness (QED) is 0.757. The summed E-state index contributed by atoms with van der Waals surface area (Å²) in [6.45, 7) is 5.30. The lowest BCUT2D eigenvalue weighted by Gasteiger charge is -2.17. The molecule has 19 heavy (non-hydrogen) atoms. The number of hydrogen-bond donors (Lipinski definition) is 1. The standard InChI is InChI=1S/C15H25NO2S/c1-4-6-13(16-11-5-2)12-19(17)15-9-7-14(18-3)8-10-15/h7-10,13,16H,4-6,11-12H2,1-3H3. The first-order valence-electron chi connectivity index (χ1n) is 6.97. The van der Waals surface area contributed by atoms with E-state index in [4.69, 9.17) is 4.74 Å². The summed E-state index contributed by atoms with van der Waals surface area (Å²) in [6.07, 6.45) is 3.29. The smallest absolute Gasteiger partial charge is 0.118 e. The molecule has 108 valence electrons. The van der Waals surface area contributed by atoms with E-state index < -0.39 is 10.8 Å². The van der Waals surface area contributed by atoms with Crippen LogP contribution in [0.4, 0.5) is 0 Å². The molecule has 0 heterocycles. The highest BCUT2D eigenvalue weighted by Crippen LogP contribution is 2.15. The van der Waals surface area contributed by atoms with Crippen molar-refractivity contribution in [2.45, 2.75) is 44.0 Å². The van der Waals surface area contributed by atoms with Crippen molar-refractivity contribution in [2.24, 2.45) is 0 Å². The first kappa shape index (κ1) is 16.2. The van der Waals surface area contributed by atoms with Crippen LogP contribution in [0.25, 0.3) is 0 Å². The van der Waals surface area contributed by atoms with E-state index >= 15 is 0 Å². The summed E-state index contributed by atoms with van der Waals surface area (Å²) in [5.41, 5.74) is 0. The summed E-state index contributed by atoms with van der Waals surface area (Å²) in [5, 5.41) is 3.48. The summed E-state index contributed by atoms with van der Waals surface area (Å²) in [4.78, 5) is 0.875. The lowest BCUT2D eigenvalue weighted by atomic mass is 10.2. The minimum absolute atomic E-state index is 0.341. The second kappa shape index (κ2) is 9.10. The number of nitrogens with one attached hydrogen (secondary N) is 1. The van der Waals surface area contributed by atoms with Gasteiger partial charge in [0.2, 0.25) is 0 Å². The van der Waals surface area contributed by atoms with Crippen molar-refractivity contribution >= 4 is 10.8 Å². The van der Waals surface area contributed by atoms with Crippen molar-refractivity contribution in [1.82, 2.24) is 5.32 Å². The van der Waals surface area contributed by atoms with Crippen molar-refractivity contribution in [3.05, 3.63) is 24.3 Å². The van der Waals surface area contributed by atoms with Crippen LogP contribution in [0.3, 0.4) is 0 Å². The largest absolute Gasteiger partial charge is 0.497 e. The van der Waals surface area contributed by atoms with Gasteiger partial charge in [0.25, 0.3) is 0 Å². The number of rotatable bonds is 9. The molecule has 0 aliphatic heterocycles. The Morgan fingerprint density at radius 3 is 2.42 bits per heavy atom. The molecule has 0 aliphatic rings. The molecule has 1 aromatic carbocycles. The molecule has 0 saturated carbocycles. The van der Waals surface area contributed by atoms with Crippen molar-refractivity contribution in [1.29, 1.82) is 0 Å². The molecule has 0 amide bonds. The van der Waals surface area contributed by atoms with E-state index in [-0.39, 0.29) is 0 Å². The van der Waals surface area contributed by atoms with Crippen LogP contribution in [0.1, 0.15) is 33.1 Å². The van der Waals surface area contributed by atoms with Gasteiger partial charge in [-0.25, -0.2) is 0 Å². The van der Waals surface area contributed by atoms with Crippen LogP contribution in [0, 0.1) is 0 Å². The zero-order valence-corrected chi connectivity index (χ0v) is 13.0. The minimum Gasteiger partial charge on any atom is -0.497 e. The zero-order valence-electron chi connectivity index (χ0n) is 12.1. The highest BCUT2D eigenvalue weighted by molar-refractivity contribution is 7.85. The topological polar surface area (TPSA) is 38.3 Å². The fourth-order valence-corrected chi connectivity index (χ4v) is 3.23. The van der Waals surface area contributed by atoms with E-state index in [2.05, 4.69) is 19.2 Å². The van der Waals surface area contributed by atoms with Gasteiger partial charge < -0.3 is 10.1 Å². The molecular formula is C15H25NO2S. The zero-order chi connectivity index (χ0) is 14.1. The predicted octanol–water partition coefficient (Wildman–Crippen LogP) is 2.97. The van der Waals surface area contributed by atoms with Gasteiger partial charge in [-0.05, 0) is 43.7 Å². The van der Waals surface area contributed by atoms with E-state index in [0.717, 1.165) is 36.5 Å². The third-order valence-corrected chi connectivity index (χ3v) is 4.50. The van der Waals surface area contributed by atoms with Crippen LogP contribution >= 0.6 is 0 Å². The Balaban J connectivity index is 2.58. The average Bonchev–Trinajstić information content (AvgIpc) is 2.45. The fourth-order valence-electron chi connectivity index (χ4n) is 1.95. The number of hydrogen-bond acceptors (Lipinski definition) is 3. The van der Waals surface area contributed by atoms with E-state index in [1.165, 1.54) is 0 Å². The maximum absolute atomic E-state index is 12.3. The van der Waals surface area contributed by atoms with Gasteiger partial charge in [-0.15, -0.1) is 0 Å². The second-order valence-corrected chi connectivity index (χ2v) is 6.12. The molecule has 0 radical (unpaired) electrons. The Morgan fingerprint density at radius 2 is 1.89 bits per heavy atom. The maximum Gasteiger partial charge on any atom is 0.118 e. The third kappa shape index (κ3) is 5.74. The summed E-state index contributed by atoms with van der Waals surface area (Å²) < 4.78 is 17.4. The first-order valence-corrected chi connectivity index (χ1v) is 8.29. The van der Waals surface area contributed by atoms with Gasteiger partial charge in [0.15, 0.2) is 0 Å². The predicted molar refractivity (Wildman–Crippen MR) is 81.3 cm³/mol. The van der Waals surface area contributed by atoms with Gasteiger partial charge in [-0.3, -0.25) is 4.21 Å². The summed E-state index contributed by atoms with van der Waals surface area (Å²) >= 11 is 0. The van der Waals surface area contributed by atoms with Crippen LogP contribution in [-0.4, -0.2) is 29.7 Å². The number of benzene rings is 1. The van der Waals surface area contributed by atoms with Crippen LogP contribution in [0.2, 0.25) is 0 Å². The van der Waals surface area contributed by atoms with Gasteiger partial charge in [-0.2, -0.15) is 0 Å². The van der Waals surface area contributed by atoms with Crippen molar-refractivity contribution < 1.29 is 8.95 Å². The Hall–Kier alpha value is -0.870. The molecule has 0 aliphatic carbocycles. The molecule has 1 N–H and O–H groups in total. The highest BCUT2D eigenvalue weighted by atomic mass is 32.2. The van der Waals surface area contributed by atoms with Gasteiger partial charge in [0.05, 0.1) is 17.9 Å². The van der Waals surface area contributed by atoms with Gasteiger partial charge >= 0.3 is 0 Å². The molecule has 1 rings (SSSR count). The van der Waals surface area contributed by atoms with Crippen LogP contribution in [0.15, 0.2) is 29.2 Å². The molecule has 0 fully saturated rings. The lowest BCUT2D eigenvalue weighted by molar-refractivity contribution is 0.414. The van der Waals surface area contributed by atoms with Gasteiger partial charge in [0.1, 0.15) is 5.75 Å². The van der Waals surface area contributed by atoms with Gasteiger partial charge in [-0.1, -0.05) is 20.3 Å². The minimum atomic E-state index is -0.947. The lowest BCUT2D eigenvalue weighted by Crippen LogP contribution is -2.34. The molecule has 0 saturated heterocycles. The van der Waals surface area contributed by atoms with Crippen molar-refractivity contribution in [3.8, 4) is 5.75 Å². The number of ether oxygens (including phenoxy) is 1. The maximum atomic E-state index is 12.3. The van der Waals surface area contributed by atoms with Crippen LogP contribution in [-0.2, 0) is 10.8 Å². The number of methoxy groups -OCH3 is 1. The molecule has 0 spiro atoms. The van der Waals surface area contributed by atoms with Gasteiger partial charge in [0, 0.05) is 16.7 Å². The Bertz CT molecular complexity index is 378. The van der Waals surface area contributed by atoms with E-state index in [1.807, 2.05) is 24.3 Å². The van der Waals surface area contributed by atoms with E-state index in [9.17, 15) is 4.21 Å². The van der Waals surface area contributed by atoms with Crippen LogP contribution in [0.5, 0.6) is 5.75 Å². The SMILES string of the molecule is CCCNC(CCC)CS(=O)c1ccc(OC)cc1. The first-order chi connectivity index (χ1) is 9.21. The monoisotopic (exact) mass is 283 g/mol. The molecule has 3 nitrogen and oxygen atoms in total. The molecule has 1 aromatic rings. The van der Waals surface area contributed by atoms with Crippen LogP contribution < -0.4 is 10.1 Å². The molecule has 2 atom stereocenters. The highest BCUT2D eigenvalue weighted by Gasteiger charge is 2.12. The average molecular weight is 283 g/mol. The fraction of sp³-hybridized carbons (Fsp3) is 0.600. The molecule has 0 aromatic heterocycles. The van der Waals surface area contributed by atoms with E-state index in [0.29, 0.717) is 11.8 Å². The molecule has 4 heteroatoms. The summed E-state index contributed by atoms with van der Waals surface area (Å²) in [5.74, 6) is 1.48. The van der Waals surface area contributed by atoms with E-state index in [1.54, 1.807) is 7.11 Å². The Labute approximate surface area is 119 Å². The second-order valence-electron chi connectivity index (χ2n) is 4.63. The molecular weight excluding hydrogens is 258 g/mol. The summed E-state index contributed by atoms with van der Waals surface area (Å²) in [6, 6.07) is 7.84. The Kier molecular flexibility index (Phi) is 7.75. The molecule has 2 unspecified atom stereocenters. The summed E-state index contributed by atoms with van der Waals surface area (Å²) in [7, 11) is 0.690. The third-order valence-electron chi connectivity index (χ3n) is 3.00. The normalized spacial score (nSPS) is 14.1. The van der Waals surface area contributed by atoms with Crippen molar-refractivity contribution in [2.75, 3.05) is 19.4 Å². The van der Waals surface area contributed by atoms with Crippen molar-refractivity contribution in [3.63, 3.8) is 0 Å².